The molecule has 2 aromatic rings. The first-order chi connectivity index (χ1) is 11.6. The number of aliphatic hydroxyl groups excluding tert-OH is 2. The fourth-order valence-electron chi connectivity index (χ4n) is 2.67. The van der Waals surface area contributed by atoms with Crippen LogP contribution in [0.3, 0.4) is 0 Å². The average molecular weight is 341 g/mol. The van der Waals surface area contributed by atoms with Gasteiger partial charge in [0, 0.05) is 7.11 Å². The summed E-state index contributed by atoms with van der Waals surface area (Å²) in [6.07, 6.45) is -2.16. The molecule has 24 heavy (non-hydrogen) atoms. The summed E-state index contributed by atoms with van der Waals surface area (Å²) in [5.74, 6) is -0.0663. The van der Waals surface area contributed by atoms with E-state index in [9.17, 15) is 15.0 Å². The first-order valence-corrected chi connectivity index (χ1v) is 7.34. The second-order valence-corrected chi connectivity index (χ2v) is 5.34. The van der Waals surface area contributed by atoms with Gasteiger partial charge in [0.25, 0.3) is 5.56 Å². The SMILES string of the molecule is COCCO[C@H]1C(O)[C@@H](CO)O[C@H]1n1cnc2c(=O)[nH]c(N)nc21. The molecule has 4 atom stereocenters. The van der Waals surface area contributed by atoms with Crippen molar-refractivity contribution in [3.05, 3.63) is 16.7 Å². The van der Waals surface area contributed by atoms with Crippen LogP contribution in [0, 0.1) is 0 Å². The number of hydrogen-bond acceptors (Lipinski definition) is 9. The number of nitrogens with two attached hydrogens (primary N) is 1. The summed E-state index contributed by atoms with van der Waals surface area (Å²) in [5.41, 5.74) is 5.39. The van der Waals surface area contributed by atoms with Crippen molar-refractivity contribution >= 4 is 17.1 Å². The first kappa shape index (κ1) is 16.8. The quantitative estimate of drug-likeness (QED) is 0.435. The number of methoxy groups -OCH3 is 1. The molecule has 1 aliphatic heterocycles. The van der Waals surface area contributed by atoms with E-state index in [0.29, 0.717) is 6.61 Å². The summed E-state index contributed by atoms with van der Waals surface area (Å²) >= 11 is 0. The Kier molecular flexibility index (Phi) is 4.78. The third-order valence-electron chi connectivity index (χ3n) is 3.82. The van der Waals surface area contributed by atoms with Gasteiger partial charge in [0.1, 0.15) is 18.3 Å². The van der Waals surface area contributed by atoms with Crippen LogP contribution in [0.4, 0.5) is 5.95 Å². The molecule has 11 heteroatoms. The Hall–Kier alpha value is -2.05. The highest BCUT2D eigenvalue weighted by Gasteiger charge is 2.45. The Morgan fingerprint density at radius 3 is 3.00 bits per heavy atom. The molecule has 132 valence electrons. The highest BCUT2D eigenvalue weighted by Crippen LogP contribution is 2.33. The van der Waals surface area contributed by atoms with Crippen molar-refractivity contribution in [2.45, 2.75) is 24.5 Å². The van der Waals surface area contributed by atoms with E-state index in [1.807, 2.05) is 0 Å². The zero-order chi connectivity index (χ0) is 17.3. The monoisotopic (exact) mass is 341 g/mol. The molecule has 0 amide bonds. The molecule has 0 spiro atoms. The van der Waals surface area contributed by atoms with E-state index in [1.54, 1.807) is 0 Å². The zero-order valence-corrected chi connectivity index (χ0v) is 13.0. The number of imidazole rings is 1. The molecular formula is C13H19N5O6. The van der Waals surface area contributed by atoms with Gasteiger partial charge in [-0.3, -0.25) is 14.3 Å². The highest BCUT2D eigenvalue weighted by molar-refractivity contribution is 5.70. The molecule has 0 radical (unpaired) electrons. The van der Waals surface area contributed by atoms with Crippen molar-refractivity contribution in [1.82, 2.24) is 19.5 Å². The predicted molar refractivity (Wildman–Crippen MR) is 81.2 cm³/mol. The molecule has 11 nitrogen and oxygen atoms in total. The van der Waals surface area contributed by atoms with Crippen LogP contribution in [0.25, 0.3) is 11.2 Å². The van der Waals surface area contributed by atoms with Gasteiger partial charge >= 0.3 is 0 Å². The summed E-state index contributed by atoms with van der Waals surface area (Å²) in [7, 11) is 1.53. The fraction of sp³-hybridized carbons (Fsp3) is 0.615. The first-order valence-electron chi connectivity index (χ1n) is 7.34. The fourth-order valence-corrected chi connectivity index (χ4v) is 2.67. The number of nitrogen functional groups attached to an aromatic ring is 1. The minimum absolute atomic E-state index is 0.0663. The number of hydrogen-bond donors (Lipinski definition) is 4. The Bertz CT molecular complexity index is 761. The molecule has 1 fully saturated rings. The van der Waals surface area contributed by atoms with Gasteiger partial charge in [-0.05, 0) is 0 Å². The van der Waals surface area contributed by atoms with Gasteiger partial charge < -0.3 is 30.2 Å². The van der Waals surface area contributed by atoms with Crippen molar-refractivity contribution in [1.29, 1.82) is 0 Å². The summed E-state index contributed by atoms with van der Waals surface area (Å²) in [6.45, 7) is 0.166. The zero-order valence-electron chi connectivity index (χ0n) is 13.0. The molecule has 1 unspecified atom stereocenters. The van der Waals surface area contributed by atoms with Gasteiger partial charge in [0.15, 0.2) is 17.4 Å². The lowest BCUT2D eigenvalue weighted by Gasteiger charge is -2.21. The van der Waals surface area contributed by atoms with Crippen molar-refractivity contribution in [2.24, 2.45) is 0 Å². The van der Waals surface area contributed by atoms with Crippen LogP contribution < -0.4 is 11.3 Å². The number of nitrogens with zero attached hydrogens (tertiary/aromatic N) is 3. The summed E-state index contributed by atoms with van der Waals surface area (Å²) in [6, 6.07) is 0. The number of ether oxygens (including phenoxy) is 3. The Labute approximate surface area is 136 Å². The molecule has 0 aromatic carbocycles. The summed E-state index contributed by atoms with van der Waals surface area (Å²) in [5, 5.41) is 19.7. The smallest absolute Gasteiger partial charge is 0.280 e. The van der Waals surface area contributed by atoms with Gasteiger partial charge in [0.05, 0.1) is 26.1 Å². The van der Waals surface area contributed by atoms with E-state index in [2.05, 4.69) is 15.0 Å². The molecule has 3 rings (SSSR count). The van der Waals surface area contributed by atoms with Crippen LogP contribution in [0.5, 0.6) is 0 Å². The summed E-state index contributed by atoms with van der Waals surface area (Å²) in [4.78, 5) is 22.3. The minimum atomic E-state index is -1.06. The van der Waals surface area contributed by atoms with Gasteiger partial charge in [-0.25, -0.2) is 4.98 Å². The normalized spacial score (nSPS) is 27.1. The standard InChI is InChI=1S/C13H19N5O6/c1-22-2-3-23-9-8(20)6(4-19)24-12(9)18-5-15-7-10(18)16-13(14)17-11(7)21/h5-6,8-9,12,19-20H,2-4H2,1H3,(H3,14,16,17,21)/t6-,8?,9+,12-/m1/s1. The maximum atomic E-state index is 11.9. The third-order valence-corrected chi connectivity index (χ3v) is 3.82. The second kappa shape index (κ2) is 6.83. The Morgan fingerprint density at radius 2 is 2.29 bits per heavy atom. The average Bonchev–Trinajstić information content (AvgIpc) is 3.09. The lowest BCUT2D eigenvalue weighted by molar-refractivity contribution is -0.0785. The molecular weight excluding hydrogens is 322 g/mol. The number of aromatic nitrogens is 4. The highest BCUT2D eigenvalue weighted by atomic mass is 16.6. The lowest BCUT2D eigenvalue weighted by atomic mass is 10.1. The summed E-state index contributed by atoms with van der Waals surface area (Å²) < 4.78 is 17.7. The van der Waals surface area contributed by atoms with Crippen molar-refractivity contribution in [2.75, 3.05) is 32.7 Å². The Balaban J connectivity index is 1.97. The number of H-pyrrole nitrogens is 1. The number of aromatic amines is 1. The van der Waals surface area contributed by atoms with Crippen molar-refractivity contribution in [3.63, 3.8) is 0 Å². The van der Waals surface area contributed by atoms with Gasteiger partial charge in [-0.1, -0.05) is 0 Å². The van der Waals surface area contributed by atoms with Crippen molar-refractivity contribution in [3.8, 4) is 0 Å². The molecule has 3 heterocycles. The lowest BCUT2D eigenvalue weighted by Crippen LogP contribution is -2.36. The topological polar surface area (TPSA) is 158 Å². The van der Waals surface area contributed by atoms with Crippen LogP contribution >= 0.6 is 0 Å². The molecule has 0 bridgehead atoms. The number of aliphatic hydroxyl groups is 2. The van der Waals surface area contributed by atoms with Gasteiger partial charge in [0.2, 0.25) is 5.95 Å². The van der Waals surface area contributed by atoms with E-state index in [1.165, 1.54) is 18.0 Å². The second-order valence-electron chi connectivity index (χ2n) is 5.34. The van der Waals surface area contributed by atoms with E-state index < -0.39 is 30.1 Å². The third kappa shape index (κ3) is 2.87. The van der Waals surface area contributed by atoms with E-state index >= 15 is 0 Å². The molecule has 1 saturated heterocycles. The molecule has 0 saturated carbocycles. The molecule has 5 N–H and O–H groups in total. The van der Waals surface area contributed by atoms with Gasteiger partial charge in [-0.2, -0.15) is 4.98 Å². The number of rotatable bonds is 6. The number of fused-ring (bicyclic) bond motifs is 1. The number of anilines is 1. The van der Waals surface area contributed by atoms with Crippen LogP contribution in [0.15, 0.2) is 11.1 Å². The van der Waals surface area contributed by atoms with Crippen LogP contribution in [-0.4, -0.2) is 75.0 Å². The van der Waals surface area contributed by atoms with Crippen LogP contribution in [0.1, 0.15) is 6.23 Å². The molecule has 0 aliphatic carbocycles. The van der Waals surface area contributed by atoms with E-state index in [0.717, 1.165) is 0 Å². The maximum absolute atomic E-state index is 11.9. The predicted octanol–water partition coefficient (Wildman–Crippen LogP) is -2.02. The van der Waals surface area contributed by atoms with E-state index in [4.69, 9.17) is 19.9 Å². The minimum Gasteiger partial charge on any atom is -0.394 e. The molecule has 1 aliphatic rings. The number of nitrogens with one attached hydrogen (secondary N) is 1. The van der Waals surface area contributed by atoms with E-state index in [-0.39, 0.29) is 30.3 Å². The van der Waals surface area contributed by atoms with Crippen LogP contribution in [-0.2, 0) is 14.2 Å². The molecule has 2 aromatic heterocycles. The van der Waals surface area contributed by atoms with Crippen LogP contribution in [0.2, 0.25) is 0 Å². The maximum Gasteiger partial charge on any atom is 0.280 e. The largest absolute Gasteiger partial charge is 0.394 e. The van der Waals surface area contributed by atoms with Crippen molar-refractivity contribution < 1.29 is 24.4 Å². The Morgan fingerprint density at radius 1 is 1.50 bits per heavy atom. The van der Waals surface area contributed by atoms with Gasteiger partial charge in [-0.15, -0.1) is 0 Å².